The van der Waals surface area contributed by atoms with Gasteiger partial charge in [-0.25, -0.2) is 14.8 Å². The average molecular weight is 570 g/mol. The first-order valence-corrected chi connectivity index (χ1v) is 14.6. The average Bonchev–Trinajstić information content (AvgIpc) is 3.01. The minimum atomic E-state index is -0.723. The number of carbonyl (C=O) groups excluding carboxylic acids is 3. The van der Waals surface area contributed by atoms with Gasteiger partial charge >= 0.3 is 6.03 Å². The number of nitrogens with one attached hydrogen (secondary N) is 1. The van der Waals surface area contributed by atoms with E-state index in [1.54, 1.807) is 19.8 Å². The van der Waals surface area contributed by atoms with Crippen molar-refractivity contribution in [3.8, 4) is 0 Å². The van der Waals surface area contributed by atoms with Crippen molar-refractivity contribution in [2.75, 3.05) is 32.8 Å². The zero-order valence-electron chi connectivity index (χ0n) is 24.3. The topological polar surface area (TPSA) is 85.4 Å². The lowest BCUT2D eigenvalue weighted by Crippen LogP contribution is -2.76. The van der Waals surface area contributed by atoms with Gasteiger partial charge in [-0.15, -0.1) is 0 Å². The van der Waals surface area contributed by atoms with Crippen LogP contribution in [0.2, 0.25) is 0 Å². The molecule has 4 amide bonds. The predicted molar refractivity (Wildman–Crippen MR) is 160 cm³/mol. The van der Waals surface area contributed by atoms with Gasteiger partial charge in [-0.2, -0.15) is 0 Å². The van der Waals surface area contributed by atoms with Crippen molar-refractivity contribution in [2.45, 2.75) is 45.6 Å². The third kappa shape index (κ3) is 6.80. The second-order valence-corrected chi connectivity index (χ2v) is 10.8. The number of fused-ring (bicyclic) bond motifs is 1. The fourth-order valence-corrected chi connectivity index (χ4v) is 5.61. The molecule has 0 unspecified atom stereocenters. The lowest BCUT2D eigenvalue weighted by atomic mass is 9.99. The molecule has 2 atom stereocenters. The van der Waals surface area contributed by atoms with Crippen LogP contribution in [0.4, 0.5) is 4.79 Å². The second kappa shape index (κ2) is 13.6. The first-order valence-electron chi connectivity index (χ1n) is 14.6. The highest BCUT2D eigenvalue weighted by atomic mass is 16.5. The van der Waals surface area contributed by atoms with E-state index < -0.39 is 12.2 Å². The molecule has 0 aliphatic carbocycles. The van der Waals surface area contributed by atoms with Crippen molar-refractivity contribution in [2.24, 2.45) is 0 Å². The molecule has 0 saturated carbocycles. The van der Waals surface area contributed by atoms with Crippen LogP contribution in [0.15, 0.2) is 84.9 Å². The summed E-state index contributed by atoms with van der Waals surface area (Å²) in [7, 11) is 0. The summed E-state index contributed by atoms with van der Waals surface area (Å²) in [6, 6.07) is 26.6. The van der Waals surface area contributed by atoms with E-state index in [4.69, 9.17) is 4.74 Å². The highest BCUT2D eigenvalue weighted by molar-refractivity contribution is 5.91. The Hall–Kier alpha value is -4.21. The van der Waals surface area contributed by atoms with Crippen molar-refractivity contribution in [3.63, 3.8) is 0 Å². The summed E-state index contributed by atoms with van der Waals surface area (Å²) >= 11 is 0. The van der Waals surface area contributed by atoms with Crippen LogP contribution in [0.3, 0.4) is 0 Å². The van der Waals surface area contributed by atoms with Gasteiger partial charge in [0.15, 0.2) is 0 Å². The monoisotopic (exact) mass is 569 g/mol. The van der Waals surface area contributed by atoms with Crippen molar-refractivity contribution in [1.82, 2.24) is 25.1 Å². The van der Waals surface area contributed by atoms with E-state index >= 15 is 0 Å². The molecule has 3 aromatic rings. The number of amides is 4. The zero-order valence-corrected chi connectivity index (χ0v) is 24.3. The highest BCUT2D eigenvalue weighted by Gasteiger charge is 2.51. The summed E-state index contributed by atoms with van der Waals surface area (Å²) < 4.78 is 5.95. The first kappa shape index (κ1) is 29.3. The summed E-state index contributed by atoms with van der Waals surface area (Å²) in [5.74, 6) is -0.282. The van der Waals surface area contributed by atoms with Crippen molar-refractivity contribution < 1.29 is 19.1 Å². The quantitative estimate of drug-likeness (QED) is 0.378. The molecule has 220 valence electrons. The maximum absolute atomic E-state index is 13.9. The van der Waals surface area contributed by atoms with Crippen LogP contribution >= 0.6 is 0 Å². The Morgan fingerprint density at radius 2 is 1.57 bits per heavy atom. The minimum absolute atomic E-state index is 0.0317. The molecule has 0 aromatic heterocycles. The minimum Gasteiger partial charge on any atom is -0.375 e. The van der Waals surface area contributed by atoms with Crippen molar-refractivity contribution >= 4 is 17.8 Å². The molecule has 2 aliphatic heterocycles. The molecule has 5 rings (SSSR count). The molecule has 2 heterocycles. The number of benzene rings is 3. The number of hydrogen-bond donors (Lipinski definition) is 1. The zero-order chi connectivity index (χ0) is 29.5. The summed E-state index contributed by atoms with van der Waals surface area (Å²) in [4.78, 5) is 44.6. The van der Waals surface area contributed by atoms with Crippen LogP contribution in [0.1, 0.15) is 29.2 Å². The molecule has 1 N–H and O–H groups in total. The Morgan fingerprint density at radius 1 is 0.905 bits per heavy atom. The molecule has 2 saturated heterocycles. The van der Waals surface area contributed by atoms with Gasteiger partial charge in [0.25, 0.3) is 0 Å². The highest BCUT2D eigenvalue weighted by Crippen LogP contribution is 2.28. The Balaban J connectivity index is 1.36. The van der Waals surface area contributed by atoms with Crippen molar-refractivity contribution in [1.29, 1.82) is 0 Å². The van der Waals surface area contributed by atoms with Crippen LogP contribution in [-0.4, -0.2) is 82.7 Å². The number of urea groups is 1. The normalized spacial score (nSPS) is 19.1. The molecule has 0 bridgehead atoms. The Kier molecular flexibility index (Phi) is 9.51. The Labute approximate surface area is 247 Å². The van der Waals surface area contributed by atoms with Gasteiger partial charge in [-0.05, 0) is 23.6 Å². The standard InChI is InChI=1S/C33H39N5O4/c1-3-36-23-31(39)37-29(20-26-10-6-4-7-11-26)32(40)35(18-19-42-24-28-16-14-25(2)15-17-28)22-30(37)38(36)33(41)34-21-27-12-8-5-9-13-27/h4-17,29-30H,3,18-24H2,1-2H3,(H,34,41)/t29-,30-/m0/s1. The molecule has 0 spiro atoms. The molecule has 2 aliphatic rings. The molecule has 3 aromatic carbocycles. The third-order valence-corrected chi connectivity index (χ3v) is 7.86. The van der Waals surface area contributed by atoms with Gasteiger partial charge in [0.2, 0.25) is 11.8 Å². The maximum Gasteiger partial charge on any atom is 0.334 e. The molecule has 0 radical (unpaired) electrons. The lowest BCUT2D eigenvalue weighted by molar-refractivity contribution is -0.190. The number of aryl methyl sites for hydroxylation is 1. The van der Waals surface area contributed by atoms with E-state index in [-0.39, 0.29) is 30.9 Å². The molecule has 9 nitrogen and oxygen atoms in total. The van der Waals surface area contributed by atoms with Crippen LogP contribution < -0.4 is 5.32 Å². The number of rotatable bonds is 10. The SMILES string of the molecule is CCN1CC(=O)N2[C@@H](Cc3ccccc3)C(=O)N(CCOCc3ccc(C)cc3)C[C@@H]2N1C(=O)NCc1ccccc1. The second-order valence-electron chi connectivity index (χ2n) is 10.8. The van der Waals surface area contributed by atoms with Crippen LogP contribution in [0, 0.1) is 6.92 Å². The molecular formula is C33H39N5O4. The van der Waals surface area contributed by atoms with Crippen LogP contribution in [-0.2, 0) is 33.9 Å². The van der Waals surface area contributed by atoms with E-state index in [1.807, 2.05) is 98.8 Å². The summed E-state index contributed by atoms with van der Waals surface area (Å²) in [6.45, 7) is 6.19. The smallest absolute Gasteiger partial charge is 0.334 e. The van der Waals surface area contributed by atoms with Gasteiger partial charge in [-0.1, -0.05) is 97.4 Å². The van der Waals surface area contributed by atoms with E-state index in [0.717, 1.165) is 16.7 Å². The Bertz CT molecular complexity index is 1350. The van der Waals surface area contributed by atoms with Gasteiger partial charge < -0.3 is 19.9 Å². The van der Waals surface area contributed by atoms with Crippen LogP contribution in [0.5, 0.6) is 0 Å². The number of nitrogens with zero attached hydrogens (tertiary/aromatic N) is 4. The molecular weight excluding hydrogens is 530 g/mol. The molecule has 9 heteroatoms. The summed E-state index contributed by atoms with van der Waals surface area (Å²) in [5.41, 5.74) is 4.19. The number of carbonyl (C=O) groups is 3. The van der Waals surface area contributed by atoms with E-state index in [0.29, 0.717) is 39.3 Å². The molecule has 2 fully saturated rings. The third-order valence-electron chi connectivity index (χ3n) is 7.86. The number of piperazine rings is 1. The number of likely N-dealkylation sites (N-methyl/N-ethyl adjacent to an activating group) is 1. The van der Waals surface area contributed by atoms with Crippen LogP contribution in [0.25, 0.3) is 0 Å². The first-order chi connectivity index (χ1) is 20.4. The van der Waals surface area contributed by atoms with Gasteiger partial charge in [0.1, 0.15) is 12.2 Å². The van der Waals surface area contributed by atoms with E-state index in [2.05, 4.69) is 5.32 Å². The maximum atomic E-state index is 13.9. The summed E-state index contributed by atoms with van der Waals surface area (Å²) in [5, 5.41) is 6.43. The number of ether oxygens (including phenoxy) is 1. The summed E-state index contributed by atoms with van der Waals surface area (Å²) in [6.07, 6.45) is -0.265. The van der Waals surface area contributed by atoms with E-state index in [9.17, 15) is 14.4 Å². The Morgan fingerprint density at radius 3 is 2.24 bits per heavy atom. The predicted octanol–water partition coefficient (Wildman–Crippen LogP) is 3.58. The largest absolute Gasteiger partial charge is 0.375 e. The lowest BCUT2D eigenvalue weighted by Gasteiger charge is -2.55. The van der Waals surface area contributed by atoms with Crippen molar-refractivity contribution in [3.05, 3.63) is 107 Å². The van der Waals surface area contributed by atoms with Gasteiger partial charge in [-0.3, -0.25) is 9.59 Å². The fourth-order valence-electron chi connectivity index (χ4n) is 5.61. The van der Waals surface area contributed by atoms with Gasteiger partial charge in [0, 0.05) is 26.1 Å². The number of hydrogen-bond acceptors (Lipinski definition) is 5. The van der Waals surface area contributed by atoms with Gasteiger partial charge in [0.05, 0.1) is 26.3 Å². The number of hydrazine groups is 1. The fraction of sp³-hybridized carbons (Fsp3) is 0.364. The van der Waals surface area contributed by atoms with E-state index in [1.165, 1.54) is 5.56 Å². The molecule has 42 heavy (non-hydrogen) atoms.